The van der Waals surface area contributed by atoms with Crippen molar-refractivity contribution in [2.45, 2.75) is 64.5 Å². The Morgan fingerprint density at radius 3 is 2.62 bits per heavy atom. The van der Waals surface area contributed by atoms with Crippen LogP contribution in [-0.2, 0) is 4.79 Å². The number of benzene rings is 1. The summed E-state index contributed by atoms with van der Waals surface area (Å²) in [6.45, 7) is 6.25. The van der Waals surface area contributed by atoms with Crippen LogP contribution in [0, 0.1) is 22.7 Å². The molecule has 1 aromatic heterocycles. The fourth-order valence-corrected chi connectivity index (χ4v) is 5.88. The van der Waals surface area contributed by atoms with E-state index in [4.69, 9.17) is 16.3 Å². The molecule has 154 valence electrons. The zero-order chi connectivity index (χ0) is 20.9. The number of methoxy groups -OCH3 is 1. The summed E-state index contributed by atoms with van der Waals surface area (Å²) in [4.78, 5) is 19.0. The maximum absolute atomic E-state index is 13.7. The van der Waals surface area contributed by atoms with Gasteiger partial charge >= 0.3 is 0 Å². The minimum Gasteiger partial charge on any atom is -0.495 e. The average molecular weight is 414 g/mol. The number of hydrogen-bond acceptors (Lipinski definition) is 3. The standard InChI is InChI=1S/C23H28ClN3O2/c1-13-7-15-9-23(3,12-25)10-16(8-13)27(15)22(28)14(2)17-11-26-18-5-6-19(29-4)21(24)20(17)18/h5-6,11,13-16,26H,7-10H2,1-4H3. The van der Waals surface area contributed by atoms with Crippen LogP contribution in [0.25, 0.3) is 10.9 Å². The van der Waals surface area contributed by atoms with Crippen LogP contribution in [0.5, 0.6) is 5.75 Å². The van der Waals surface area contributed by atoms with Crippen LogP contribution >= 0.6 is 11.6 Å². The van der Waals surface area contributed by atoms with Gasteiger partial charge in [-0.2, -0.15) is 5.26 Å². The third kappa shape index (κ3) is 3.28. The summed E-state index contributed by atoms with van der Waals surface area (Å²) in [5.41, 5.74) is 1.45. The number of aromatic amines is 1. The van der Waals surface area contributed by atoms with Gasteiger partial charge in [0.2, 0.25) is 5.91 Å². The zero-order valence-corrected chi connectivity index (χ0v) is 18.2. The van der Waals surface area contributed by atoms with Gasteiger partial charge in [0.05, 0.1) is 29.5 Å². The summed E-state index contributed by atoms with van der Waals surface area (Å²) in [7, 11) is 1.59. The molecule has 2 bridgehead atoms. The van der Waals surface area contributed by atoms with Crippen LogP contribution in [-0.4, -0.2) is 35.0 Å². The van der Waals surface area contributed by atoms with E-state index in [1.165, 1.54) is 0 Å². The van der Waals surface area contributed by atoms with Crippen molar-refractivity contribution in [3.63, 3.8) is 0 Å². The Balaban J connectivity index is 1.68. The first-order valence-corrected chi connectivity index (χ1v) is 10.7. The number of carbonyl (C=O) groups is 1. The van der Waals surface area contributed by atoms with Crippen molar-refractivity contribution in [3.05, 3.63) is 28.9 Å². The Labute approximate surface area is 177 Å². The van der Waals surface area contributed by atoms with Gasteiger partial charge in [-0.15, -0.1) is 0 Å². The van der Waals surface area contributed by atoms with E-state index in [9.17, 15) is 10.1 Å². The quantitative estimate of drug-likeness (QED) is 0.746. The molecule has 0 aliphatic carbocycles. The Morgan fingerprint density at radius 1 is 1.38 bits per heavy atom. The molecule has 29 heavy (non-hydrogen) atoms. The monoisotopic (exact) mass is 413 g/mol. The highest BCUT2D eigenvalue weighted by molar-refractivity contribution is 6.37. The third-order valence-corrected chi connectivity index (χ3v) is 7.24. The first-order valence-electron chi connectivity index (χ1n) is 10.3. The number of carbonyl (C=O) groups excluding carboxylic acids is 1. The lowest BCUT2D eigenvalue weighted by molar-refractivity contribution is -0.146. The predicted molar refractivity (Wildman–Crippen MR) is 114 cm³/mol. The fourth-order valence-electron chi connectivity index (χ4n) is 5.53. The highest BCUT2D eigenvalue weighted by Crippen LogP contribution is 2.47. The second-order valence-corrected chi connectivity index (χ2v) is 9.56. The van der Waals surface area contributed by atoms with E-state index < -0.39 is 0 Å². The molecule has 3 atom stereocenters. The number of amides is 1. The van der Waals surface area contributed by atoms with E-state index in [0.29, 0.717) is 16.7 Å². The summed E-state index contributed by atoms with van der Waals surface area (Å²) >= 11 is 6.59. The molecule has 5 nitrogen and oxygen atoms in total. The number of piperidine rings is 2. The second-order valence-electron chi connectivity index (χ2n) is 9.18. The Bertz CT molecular complexity index is 976. The van der Waals surface area contributed by atoms with Crippen molar-refractivity contribution in [2.75, 3.05) is 7.11 Å². The summed E-state index contributed by atoms with van der Waals surface area (Å²) in [6.07, 6.45) is 5.33. The lowest BCUT2D eigenvalue weighted by Gasteiger charge is -2.53. The molecule has 4 rings (SSSR count). The molecule has 1 amide bonds. The number of rotatable bonds is 3. The summed E-state index contributed by atoms with van der Waals surface area (Å²) in [5, 5.41) is 11.1. The maximum Gasteiger partial charge on any atom is 0.230 e. The van der Waals surface area contributed by atoms with Gasteiger partial charge in [0.15, 0.2) is 0 Å². The average Bonchev–Trinajstić information content (AvgIpc) is 3.11. The van der Waals surface area contributed by atoms with E-state index in [1.54, 1.807) is 7.11 Å². The maximum atomic E-state index is 13.7. The molecule has 1 aromatic carbocycles. The SMILES string of the molecule is COc1ccc2[nH]cc(C(C)C(=O)N3C4CC(C)CC3CC(C)(C#N)C4)c2c1Cl. The Kier molecular flexibility index (Phi) is 5.02. The van der Waals surface area contributed by atoms with Crippen LogP contribution in [0.2, 0.25) is 5.02 Å². The number of H-pyrrole nitrogens is 1. The normalized spacial score (nSPS) is 30.1. The molecule has 1 N–H and O–H groups in total. The molecule has 0 radical (unpaired) electrons. The van der Waals surface area contributed by atoms with Crippen molar-refractivity contribution >= 4 is 28.4 Å². The zero-order valence-electron chi connectivity index (χ0n) is 17.5. The van der Waals surface area contributed by atoms with E-state index in [0.717, 1.165) is 42.1 Å². The van der Waals surface area contributed by atoms with E-state index >= 15 is 0 Å². The molecule has 2 saturated heterocycles. The number of hydrogen-bond donors (Lipinski definition) is 1. The largest absolute Gasteiger partial charge is 0.495 e. The summed E-state index contributed by atoms with van der Waals surface area (Å²) in [5.74, 6) is 0.998. The Morgan fingerprint density at radius 2 is 2.03 bits per heavy atom. The first-order chi connectivity index (χ1) is 13.8. The van der Waals surface area contributed by atoms with Gasteiger partial charge in [-0.1, -0.05) is 18.5 Å². The second kappa shape index (κ2) is 7.25. The minimum absolute atomic E-state index is 0.131. The molecule has 2 aliphatic heterocycles. The number of nitrogens with zero attached hydrogens (tertiary/aromatic N) is 2. The molecule has 3 heterocycles. The van der Waals surface area contributed by atoms with Crippen molar-refractivity contribution < 1.29 is 9.53 Å². The number of ether oxygens (including phenoxy) is 1. The van der Waals surface area contributed by atoms with Gasteiger partial charge in [-0.25, -0.2) is 0 Å². The minimum atomic E-state index is -0.340. The molecular formula is C23H28ClN3O2. The molecule has 2 aliphatic rings. The number of aromatic nitrogens is 1. The first kappa shape index (κ1) is 20.1. The van der Waals surface area contributed by atoms with Crippen LogP contribution in [0.15, 0.2) is 18.3 Å². The molecule has 6 heteroatoms. The lowest BCUT2D eigenvalue weighted by Crippen LogP contribution is -2.59. The van der Waals surface area contributed by atoms with E-state index in [1.807, 2.05) is 32.2 Å². The van der Waals surface area contributed by atoms with Crippen LogP contribution < -0.4 is 4.74 Å². The number of fused-ring (bicyclic) bond motifs is 3. The number of nitriles is 1. The van der Waals surface area contributed by atoms with Gasteiger partial charge in [-0.3, -0.25) is 4.79 Å². The van der Waals surface area contributed by atoms with Crippen LogP contribution in [0.4, 0.5) is 0 Å². The van der Waals surface area contributed by atoms with Gasteiger partial charge in [0.1, 0.15) is 5.75 Å². The number of halogens is 1. The van der Waals surface area contributed by atoms with Crippen molar-refractivity contribution in [1.29, 1.82) is 5.26 Å². The molecule has 2 aromatic rings. The molecule has 0 saturated carbocycles. The van der Waals surface area contributed by atoms with Crippen LogP contribution in [0.1, 0.15) is 57.9 Å². The smallest absolute Gasteiger partial charge is 0.230 e. The molecule has 0 spiro atoms. The molecule has 3 unspecified atom stereocenters. The fraction of sp³-hybridized carbons (Fsp3) is 0.565. The topological polar surface area (TPSA) is 69.1 Å². The van der Waals surface area contributed by atoms with E-state index in [-0.39, 0.29) is 29.3 Å². The summed E-state index contributed by atoms with van der Waals surface area (Å²) in [6, 6.07) is 6.53. The van der Waals surface area contributed by atoms with Gasteiger partial charge < -0.3 is 14.6 Å². The third-order valence-electron chi connectivity index (χ3n) is 6.87. The van der Waals surface area contributed by atoms with Gasteiger partial charge in [0.25, 0.3) is 0 Å². The summed E-state index contributed by atoms with van der Waals surface area (Å²) < 4.78 is 5.37. The van der Waals surface area contributed by atoms with Crippen molar-refractivity contribution in [1.82, 2.24) is 9.88 Å². The molecular weight excluding hydrogens is 386 g/mol. The lowest BCUT2D eigenvalue weighted by atomic mass is 9.67. The van der Waals surface area contributed by atoms with Crippen molar-refractivity contribution in [2.24, 2.45) is 11.3 Å². The highest BCUT2D eigenvalue weighted by Gasteiger charge is 2.48. The van der Waals surface area contributed by atoms with Gasteiger partial charge in [-0.05, 0) is 63.1 Å². The van der Waals surface area contributed by atoms with Gasteiger partial charge in [0, 0.05) is 29.2 Å². The molecule has 2 fully saturated rings. The predicted octanol–water partition coefficient (Wildman–Crippen LogP) is 5.25. The Hall–Kier alpha value is -2.19. The van der Waals surface area contributed by atoms with Crippen LogP contribution in [0.3, 0.4) is 0 Å². The highest BCUT2D eigenvalue weighted by atomic mass is 35.5. The van der Waals surface area contributed by atoms with Crippen molar-refractivity contribution in [3.8, 4) is 11.8 Å². The number of nitrogens with one attached hydrogen (secondary N) is 1. The van der Waals surface area contributed by atoms with E-state index in [2.05, 4.69) is 22.9 Å².